The quantitative estimate of drug-likeness (QED) is 0.387. The maximum absolute atomic E-state index is 12.8. The Kier molecular flexibility index (Phi) is 6.47. The van der Waals surface area contributed by atoms with E-state index in [1.165, 1.54) is 11.1 Å². The summed E-state index contributed by atoms with van der Waals surface area (Å²) in [5, 5.41) is 18.3. The van der Waals surface area contributed by atoms with Gasteiger partial charge in [0.2, 0.25) is 5.91 Å². The lowest BCUT2D eigenvalue weighted by molar-refractivity contribution is -0.119. The first kappa shape index (κ1) is 26.0. The second-order valence-electron chi connectivity index (χ2n) is 11.6. The number of nitrogens with zero attached hydrogens (tertiary/aromatic N) is 5. The molecule has 6 heterocycles. The third-order valence-electron chi connectivity index (χ3n) is 8.60. The van der Waals surface area contributed by atoms with E-state index in [2.05, 4.69) is 35.8 Å². The number of piperidine rings is 1. The number of aliphatic hydroxyl groups is 1. The highest BCUT2D eigenvalue weighted by Crippen LogP contribution is 2.37. The van der Waals surface area contributed by atoms with Gasteiger partial charge in [-0.15, -0.1) is 0 Å². The number of rotatable bonds is 5. The number of β-amino-alcohol motifs (C(OH)–C–C–N with tert-alkyl or cyclic N) is 1. The lowest BCUT2D eigenvalue weighted by Gasteiger charge is -2.38. The zero-order valence-corrected chi connectivity index (χ0v) is 22.5. The number of hydrogen-bond acceptors (Lipinski definition) is 11. The molecule has 1 unspecified atom stereocenters. The molecule has 2 aromatic rings. The van der Waals surface area contributed by atoms with Crippen molar-refractivity contribution in [3.05, 3.63) is 29.7 Å². The van der Waals surface area contributed by atoms with Crippen LogP contribution in [-0.2, 0) is 27.2 Å². The van der Waals surface area contributed by atoms with E-state index in [1.54, 1.807) is 6.20 Å². The highest BCUT2D eigenvalue weighted by atomic mass is 16.6. The fourth-order valence-electron chi connectivity index (χ4n) is 6.46. The van der Waals surface area contributed by atoms with Gasteiger partial charge in [0.15, 0.2) is 18.2 Å². The number of hydrogen-bond donors (Lipinski definition) is 4. The minimum atomic E-state index is -0.581. The van der Waals surface area contributed by atoms with Crippen LogP contribution >= 0.6 is 0 Å². The van der Waals surface area contributed by atoms with E-state index < -0.39 is 17.8 Å². The van der Waals surface area contributed by atoms with E-state index in [-0.39, 0.29) is 36.2 Å². The standard InChI is InChI=1S/C27H32N8O6/c36-18-8-20(29-10-18)24(38)31-17-7-16-5-15(6-19(16)28-9-17)12-34-3-1-27(2-4-34)14-35(26(39)41-27)21-11-30-25-23(32-21)33-22(37)13-40-25/h7,9,11,15,18,20,29,36H,1-6,8,10,12-14H2,(H,31,38)(H,32,33,37)/t15?,18-,20+/m1/s1. The molecule has 3 saturated heterocycles. The Bertz CT molecular complexity index is 1400. The van der Waals surface area contributed by atoms with Crippen LogP contribution in [-0.4, -0.2) is 99.9 Å². The van der Waals surface area contributed by atoms with Crippen molar-refractivity contribution in [1.29, 1.82) is 0 Å². The Hall–Kier alpha value is -3.88. The van der Waals surface area contributed by atoms with Gasteiger partial charge in [0.1, 0.15) is 5.60 Å². The summed E-state index contributed by atoms with van der Waals surface area (Å²) in [6.45, 7) is 3.24. The van der Waals surface area contributed by atoms with Gasteiger partial charge in [0.25, 0.3) is 11.8 Å². The lowest BCUT2D eigenvalue weighted by atomic mass is 9.90. The molecule has 4 N–H and O–H groups in total. The molecule has 3 fully saturated rings. The summed E-state index contributed by atoms with van der Waals surface area (Å²) >= 11 is 0. The molecule has 14 heteroatoms. The van der Waals surface area contributed by atoms with Crippen LogP contribution in [0.1, 0.15) is 30.5 Å². The molecule has 5 aliphatic rings. The van der Waals surface area contributed by atoms with Gasteiger partial charge < -0.3 is 35.4 Å². The van der Waals surface area contributed by atoms with Gasteiger partial charge in [-0.2, -0.15) is 0 Å². The van der Waals surface area contributed by atoms with Crippen LogP contribution in [0.3, 0.4) is 0 Å². The van der Waals surface area contributed by atoms with Crippen molar-refractivity contribution in [2.45, 2.75) is 49.9 Å². The van der Waals surface area contributed by atoms with Gasteiger partial charge in [-0.25, -0.2) is 14.8 Å². The van der Waals surface area contributed by atoms with Gasteiger partial charge in [-0.3, -0.25) is 19.5 Å². The summed E-state index contributed by atoms with van der Waals surface area (Å²) in [5.74, 6) is 0.720. The number of pyridine rings is 1. The molecule has 2 aromatic heterocycles. The fraction of sp³-hybridized carbons (Fsp3) is 0.556. The number of amides is 3. The minimum Gasteiger partial charge on any atom is -0.465 e. The Morgan fingerprint density at radius 1 is 1.20 bits per heavy atom. The number of aliphatic hydroxyl groups excluding tert-OH is 1. The smallest absolute Gasteiger partial charge is 0.416 e. The van der Waals surface area contributed by atoms with E-state index in [0.29, 0.717) is 49.8 Å². The van der Waals surface area contributed by atoms with Gasteiger partial charge in [0, 0.05) is 44.7 Å². The molecule has 3 atom stereocenters. The molecule has 41 heavy (non-hydrogen) atoms. The SMILES string of the molecule is O=C1COc2ncc(N3CC4(CCN(CC5Cc6cc(NC(=O)[C@@H]7C[C@@H](O)CN7)cnc6C5)CC4)OC3=O)nc2N1. The fourth-order valence-corrected chi connectivity index (χ4v) is 6.46. The molecule has 0 bridgehead atoms. The summed E-state index contributed by atoms with van der Waals surface area (Å²) in [6, 6.07) is 1.63. The molecule has 3 amide bonds. The van der Waals surface area contributed by atoms with Crippen molar-refractivity contribution < 1.29 is 29.0 Å². The number of carbonyl (C=O) groups excluding carboxylic acids is 3. The van der Waals surface area contributed by atoms with Crippen molar-refractivity contribution >= 4 is 35.2 Å². The van der Waals surface area contributed by atoms with Gasteiger partial charge in [-0.1, -0.05) is 0 Å². The molecule has 1 aliphatic carbocycles. The second-order valence-corrected chi connectivity index (χ2v) is 11.6. The predicted octanol–water partition coefficient (Wildman–Crippen LogP) is 0.0700. The first-order chi connectivity index (χ1) is 19.8. The van der Waals surface area contributed by atoms with Crippen LogP contribution in [0.15, 0.2) is 18.5 Å². The highest BCUT2D eigenvalue weighted by Gasteiger charge is 2.48. The largest absolute Gasteiger partial charge is 0.465 e. The van der Waals surface area contributed by atoms with Gasteiger partial charge in [0.05, 0.1) is 36.8 Å². The highest BCUT2D eigenvalue weighted by molar-refractivity contribution is 5.95. The van der Waals surface area contributed by atoms with E-state index >= 15 is 0 Å². The van der Waals surface area contributed by atoms with E-state index in [1.807, 2.05) is 6.07 Å². The Morgan fingerprint density at radius 3 is 2.85 bits per heavy atom. The molecule has 1 spiro atoms. The average molecular weight is 565 g/mol. The molecule has 0 saturated carbocycles. The van der Waals surface area contributed by atoms with E-state index in [0.717, 1.165) is 43.7 Å². The zero-order chi connectivity index (χ0) is 28.1. The van der Waals surface area contributed by atoms with Crippen molar-refractivity contribution in [1.82, 2.24) is 25.2 Å². The first-order valence-corrected chi connectivity index (χ1v) is 14.1. The summed E-state index contributed by atoms with van der Waals surface area (Å²) in [7, 11) is 0. The third kappa shape index (κ3) is 5.18. The van der Waals surface area contributed by atoms with E-state index in [9.17, 15) is 19.5 Å². The Morgan fingerprint density at radius 2 is 2.05 bits per heavy atom. The maximum atomic E-state index is 12.8. The van der Waals surface area contributed by atoms with Gasteiger partial charge >= 0.3 is 6.09 Å². The van der Waals surface area contributed by atoms with Crippen LogP contribution in [0.5, 0.6) is 5.88 Å². The van der Waals surface area contributed by atoms with Crippen LogP contribution < -0.4 is 25.6 Å². The molecular weight excluding hydrogens is 532 g/mol. The summed E-state index contributed by atoms with van der Waals surface area (Å²) in [6.07, 6.45) is 5.85. The molecule has 4 aliphatic heterocycles. The normalized spacial score (nSPS) is 26.8. The van der Waals surface area contributed by atoms with Crippen LogP contribution in [0.25, 0.3) is 0 Å². The van der Waals surface area contributed by atoms with Gasteiger partial charge in [-0.05, 0) is 36.8 Å². The summed E-state index contributed by atoms with van der Waals surface area (Å²) in [5.41, 5.74) is 2.34. The monoisotopic (exact) mass is 564 g/mol. The number of aromatic nitrogens is 3. The number of fused-ring (bicyclic) bond motifs is 2. The Labute approximate surface area is 235 Å². The third-order valence-corrected chi connectivity index (χ3v) is 8.60. The molecular formula is C27H32N8O6. The van der Waals surface area contributed by atoms with Crippen LogP contribution in [0, 0.1) is 5.92 Å². The number of likely N-dealkylation sites (tertiary alicyclic amines) is 1. The molecule has 216 valence electrons. The van der Waals surface area contributed by atoms with E-state index in [4.69, 9.17) is 9.47 Å². The Balaban J connectivity index is 0.922. The number of anilines is 3. The number of nitrogens with one attached hydrogen (secondary N) is 3. The van der Waals surface area contributed by atoms with Crippen LogP contribution in [0.2, 0.25) is 0 Å². The summed E-state index contributed by atoms with van der Waals surface area (Å²) < 4.78 is 11.2. The van der Waals surface area contributed by atoms with Crippen LogP contribution in [0.4, 0.5) is 22.1 Å². The number of ether oxygens (including phenoxy) is 2. The summed E-state index contributed by atoms with van der Waals surface area (Å²) in [4.78, 5) is 54.1. The number of carbonyl (C=O) groups is 3. The minimum absolute atomic E-state index is 0.111. The lowest BCUT2D eigenvalue weighted by Crippen LogP contribution is -2.48. The first-order valence-electron chi connectivity index (χ1n) is 14.1. The molecule has 0 aromatic carbocycles. The molecule has 0 radical (unpaired) electrons. The topological polar surface area (TPSA) is 171 Å². The molecule has 7 rings (SSSR count). The zero-order valence-electron chi connectivity index (χ0n) is 22.5. The second kappa shape index (κ2) is 10.2. The van der Waals surface area contributed by atoms with Crippen molar-refractivity contribution in [2.24, 2.45) is 5.92 Å². The predicted molar refractivity (Wildman–Crippen MR) is 145 cm³/mol. The van der Waals surface area contributed by atoms with Crippen molar-refractivity contribution in [3.8, 4) is 5.88 Å². The van der Waals surface area contributed by atoms with Crippen molar-refractivity contribution in [3.63, 3.8) is 0 Å². The molecule has 14 nitrogen and oxygen atoms in total. The van der Waals surface area contributed by atoms with Crippen molar-refractivity contribution in [2.75, 3.05) is 54.9 Å². The average Bonchev–Trinajstić information content (AvgIpc) is 3.66. The maximum Gasteiger partial charge on any atom is 0.416 e.